The lowest BCUT2D eigenvalue weighted by molar-refractivity contribution is 0.354. The van der Waals surface area contributed by atoms with E-state index in [0.717, 1.165) is 34.8 Å². The molecule has 112 valence electrons. The van der Waals surface area contributed by atoms with E-state index in [4.69, 9.17) is 0 Å². The van der Waals surface area contributed by atoms with Crippen molar-refractivity contribution < 1.29 is 0 Å². The third-order valence-corrected chi connectivity index (χ3v) is 5.37. The summed E-state index contributed by atoms with van der Waals surface area (Å²) in [5.41, 5.74) is 3.02. The van der Waals surface area contributed by atoms with Crippen LogP contribution in [0.5, 0.6) is 0 Å². The van der Waals surface area contributed by atoms with Gasteiger partial charge in [-0.1, -0.05) is 38.5 Å². The second-order valence-corrected chi connectivity index (χ2v) is 6.86. The van der Waals surface area contributed by atoms with E-state index in [0.29, 0.717) is 5.92 Å². The topological polar surface area (TPSA) is 61.5 Å². The van der Waals surface area contributed by atoms with Crippen molar-refractivity contribution in [1.82, 2.24) is 15.2 Å². The van der Waals surface area contributed by atoms with Crippen LogP contribution in [0.15, 0.2) is 10.9 Å². The molecular formula is C17H23N3O. The first kappa shape index (κ1) is 13.1. The number of aromatic nitrogens is 3. The van der Waals surface area contributed by atoms with Crippen LogP contribution in [-0.2, 0) is 6.42 Å². The number of hydrogen-bond acceptors (Lipinski definition) is 2. The predicted molar refractivity (Wildman–Crippen MR) is 83.6 cm³/mol. The summed E-state index contributed by atoms with van der Waals surface area (Å²) >= 11 is 0. The summed E-state index contributed by atoms with van der Waals surface area (Å²) in [5, 5.41) is 8.26. The minimum absolute atomic E-state index is 0.144. The highest BCUT2D eigenvalue weighted by Crippen LogP contribution is 2.37. The molecule has 2 aliphatic rings. The van der Waals surface area contributed by atoms with E-state index in [9.17, 15) is 4.79 Å². The van der Waals surface area contributed by atoms with Crippen molar-refractivity contribution in [1.29, 1.82) is 0 Å². The smallest absolute Gasteiger partial charge is 0.193 e. The lowest BCUT2D eigenvalue weighted by atomic mass is 9.82. The number of H-pyrrole nitrogens is 2. The van der Waals surface area contributed by atoms with Gasteiger partial charge in [-0.15, -0.1) is 0 Å². The van der Waals surface area contributed by atoms with Crippen LogP contribution in [0.3, 0.4) is 0 Å². The minimum Gasteiger partial charge on any atom is -0.342 e. The lowest BCUT2D eigenvalue weighted by Crippen LogP contribution is -2.15. The van der Waals surface area contributed by atoms with Gasteiger partial charge in [-0.3, -0.25) is 9.89 Å². The van der Waals surface area contributed by atoms with Crippen molar-refractivity contribution in [2.24, 2.45) is 5.92 Å². The maximum atomic E-state index is 12.5. The number of nitrogens with zero attached hydrogens (tertiary/aromatic N) is 1. The van der Waals surface area contributed by atoms with Crippen LogP contribution in [-0.4, -0.2) is 15.2 Å². The van der Waals surface area contributed by atoms with E-state index in [1.807, 2.05) is 6.07 Å². The quantitative estimate of drug-likeness (QED) is 0.904. The minimum atomic E-state index is 0.144. The largest absolute Gasteiger partial charge is 0.342 e. The summed E-state index contributed by atoms with van der Waals surface area (Å²) in [6, 6.07) is 1.81. The van der Waals surface area contributed by atoms with Crippen molar-refractivity contribution in [3.8, 4) is 0 Å². The van der Waals surface area contributed by atoms with Crippen LogP contribution >= 0.6 is 0 Å². The van der Waals surface area contributed by atoms with Gasteiger partial charge >= 0.3 is 0 Å². The fourth-order valence-electron chi connectivity index (χ4n) is 3.92. The molecule has 2 saturated carbocycles. The molecule has 0 unspecified atom stereocenters. The van der Waals surface area contributed by atoms with Crippen LogP contribution < -0.4 is 5.43 Å². The Hall–Kier alpha value is -1.58. The summed E-state index contributed by atoms with van der Waals surface area (Å²) in [4.78, 5) is 15.9. The first-order valence-corrected chi connectivity index (χ1v) is 8.41. The average Bonchev–Trinajstić information content (AvgIpc) is 2.82. The van der Waals surface area contributed by atoms with Gasteiger partial charge in [-0.2, -0.15) is 5.10 Å². The third-order valence-electron chi connectivity index (χ3n) is 5.37. The molecule has 4 rings (SSSR count). The predicted octanol–water partition coefficient (Wildman–Crippen LogP) is 3.64. The Morgan fingerprint density at radius 3 is 2.62 bits per heavy atom. The molecule has 2 aliphatic carbocycles. The molecule has 2 aromatic rings. The molecule has 2 aromatic heterocycles. The van der Waals surface area contributed by atoms with Crippen molar-refractivity contribution in [3.63, 3.8) is 0 Å². The van der Waals surface area contributed by atoms with Gasteiger partial charge in [0.2, 0.25) is 0 Å². The Morgan fingerprint density at radius 2 is 1.90 bits per heavy atom. The van der Waals surface area contributed by atoms with Crippen LogP contribution in [0.25, 0.3) is 11.0 Å². The van der Waals surface area contributed by atoms with Crippen molar-refractivity contribution in [3.05, 3.63) is 27.7 Å². The Kier molecular flexibility index (Phi) is 3.32. The molecule has 0 radical (unpaired) electrons. The Bertz CT molecular complexity index is 690. The normalized spacial score (nSPS) is 20.8. The number of aromatic amines is 2. The molecular weight excluding hydrogens is 262 g/mol. The summed E-state index contributed by atoms with van der Waals surface area (Å²) in [7, 11) is 0. The van der Waals surface area contributed by atoms with E-state index in [1.165, 1.54) is 51.4 Å². The van der Waals surface area contributed by atoms with Gasteiger partial charge in [-0.05, 0) is 25.2 Å². The molecule has 4 heteroatoms. The molecule has 0 aromatic carbocycles. The highest BCUT2D eigenvalue weighted by atomic mass is 16.1. The molecule has 2 N–H and O–H groups in total. The Morgan fingerprint density at radius 1 is 1.10 bits per heavy atom. The molecule has 2 fully saturated rings. The Labute approximate surface area is 124 Å². The molecule has 0 aliphatic heterocycles. The first-order chi connectivity index (χ1) is 10.3. The van der Waals surface area contributed by atoms with E-state index >= 15 is 0 Å². The second kappa shape index (κ2) is 5.32. The monoisotopic (exact) mass is 285 g/mol. The van der Waals surface area contributed by atoms with Gasteiger partial charge < -0.3 is 4.98 Å². The van der Waals surface area contributed by atoms with Crippen molar-refractivity contribution in [2.75, 3.05) is 0 Å². The molecule has 0 amide bonds. The zero-order chi connectivity index (χ0) is 14.2. The fraction of sp³-hybridized carbons (Fsp3) is 0.647. The van der Waals surface area contributed by atoms with Crippen molar-refractivity contribution >= 4 is 11.0 Å². The molecule has 2 heterocycles. The SMILES string of the molecule is O=c1cc(CC2CCCCC2)[nH]c2n[nH]c(C3CCC3)c12. The highest BCUT2D eigenvalue weighted by Gasteiger charge is 2.25. The molecule has 0 spiro atoms. The Balaban J connectivity index is 1.64. The van der Waals surface area contributed by atoms with Crippen molar-refractivity contribution in [2.45, 2.75) is 63.7 Å². The maximum absolute atomic E-state index is 12.5. The molecule has 0 saturated heterocycles. The fourth-order valence-corrected chi connectivity index (χ4v) is 3.92. The van der Waals surface area contributed by atoms with E-state index in [2.05, 4.69) is 15.2 Å². The number of fused-ring (bicyclic) bond motifs is 1. The summed E-state index contributed by atoms with van der Waals surface area (Å²) in [5.74, 6) is 1.25. The lowest BCUT2D eigenvalue weighted by Gasteiger charge is -2.24. The standard InChI is InChI=1S/C17H23N3O/c21-14-10-13(9-11-5-2-1-3-6-11)18-17-15(14)16(19-20-17)12-7-4-8-12/h10-12H,1-9H2,(H2,18,19,20,21). The number of hydrogen-bond donors (Lipinski definition) is 2. The number of pyridine rings is 1. The molecule has 21 heavy (non-hydrogen) atoms. The van der Waals surface area contributed by atoms with Gasteiger partial charge in [-0.25, -0.2) is 0 Å². The molecule has 0 bridgehead atoms. The van der Waals surface area contributed by atoms with Gasteiger partial charge in [0.25, 0.3) is 0 Å². The van der Waals surface area contributed by atoms with Crippen LogP contribution in [0.2, 0.25) is 0 Å². The average molecular weight is 285 g/mol. The van der Waals surface area contributed by atoms with Crippen LogP contribution in [0, 0.1) is 5.92 Å². The maximum Gasteiger partial charge on any atom is 0.193 e. The van der Waals surface area contributed by atoms with Gasteiger partial charge in [0.15, 0.2) is 11.1 Å². The van der Waals surface area contributed by atoms with Crippen LogP contribution in [0.4, 0.5) is 0 Å². The van der Waals surface area contributed by atoms with E-state index < -0.39 is 0 Å². The molecule has 4 nitrogen and oxygen atoms in total. The zero-order valence-corrected chi connectivity index (χ0v) is 12.5. The second-order valence-electron chi connectivity index (χ2n) is 6.86. The van der Waals surface area contributed by atoms with E-state index in [-0.39, 0.29) is 5.43 Å². The van der Waals surface area contributed by atoms with Gasteiger partial charge in [0.05, 0.1) is 11.1 Å². The number of nitrogens with one attached hydrogen (secondary N) is 2. The van der Waals surface area contributed by atoms with Gasteiger partial charge in [0.1, 0.15) is 0 Å². The molecule has 0 atom stereocenters. The zero-order valence-electron chi connectivity index (χ0n) is 12.5. The van der Waals surface area contributed by atoms with Crippen LogP contribution in [0.1, 0.15) is 68.7 Å². The third kappa shape index (κ3) is 2.41. The summed E-state index contributed by atoms with van der Waals surface area (Å²) in [6.45, 7) is 0. The first-order valence-electron chi connectivity index (χ1n) is 8.41. The highest BCUT2D eigenvalue weighted by molar-refractivity contribution is 5.78. The summed E-state index contributed by atoms with van der Waals surface area (Å²) in [6.07, 6.45) is 11.3. The van der Waals surface area contributed by atoms with Gasteiger partial charge in [0, 0.05) is 17.7 Å². The number of rotatable bonds is 3. The summed E-state index contributed by atoms with van der Waals surface area (Å²) < 4.78 is 0. The van der Waals surface area contributed by atoms with E-state index in [1.54, 1.807) is 0 Å².